The van der Waals surface area contributed by atoms with Crippen molar-refractivity contribution in [2.45, 2.75) is 25.3 Å². The molecule has 0 spiro atoms. The van der Waals surface area contributed by atoms with Gasteiger partial charge in [-0.3, -0.25) is 9.59 Å². The molecule has 43 heavy (non-hydrogen) atoms. The molecule has 2 N–H and O–H groups in total. The first-order valence-corrected chi connectivity index (χ1v) is 15.5. The molecule has 0 bridgehead atoms. The Hall–Kier alpha value is -4.87. The van der Waals surface area contributed by atoms with Crippen LogP contribution in [0.25, 0.3) is 5.65 Å². The van der Waals surface area contributed by atoms with Gasteiger partial charge in [-0.1, -0.05) is 91.0 Å². The summed E-state index contributed by atoms with van der Waals surface area (Å²) >= 11 is 0. The van der Waals surface area contributed by atoms with E-state index in [1.165, 1.54) is 22.5 Å². The number of hydrogen-bond acceptors (Lipinski definition) is 6. The maximum Gasteiger partial charge on any atom is 0.300 e. The monoisotopic (exact) mass is 594 g/mol. The first-order chi connectivity index (χ1) is 20.8. The number of aromatic nitrogens is 3. The molecule has 1 aliphatic rings. The summed E-state index contributed by atoms with van der Waals surface area (Å²) in [5, 5.41) is 10.2. The van der Waals surface area contributed by atoms with Crippen LogP contribution in [0.3, 0.4) is 0 Å². The summed E-state index contributed by atoms with van der Waals surface area (Å²) in [4.78, 5) is 33.6. The lowest BCUT2D eigenvalue weighted by Crippen LogP contribution is -2.42. The molecule has 1 fully saturated rings. The molecule has 0 saturated carbocycles. The lowest BCUT2D eigenvalue weighted by atomic mass is 9.89. The quantitative estimate of drug-likeness (QED) is 0.268. The number of carbonyl (C=O) groups is 2. The van der Waals surface area contributed by atoms with Crippen LogP contribution in [0.15, 0.2) is 103 Å². The van der Waals surface area contributed by atoms with E-state index in [1.807, 2.05) is 24.3 Å². The van der Waals surface area contributed by atoms with Crippen LogP contribution in [-0.2, 0) is 16.8 Å². The van der Waals surface area contributed by atoms with Crippen molar-refractivity contribution in [1.29, 1.82) is 0 Å². The highest BCUT2D eigenvalue weighted by Crippen LogP contribution is 2.32. The maximum absolute atomic E-state index is 14.1. The highest BCUT2D eigenvalue weighted by atomic mass is 32.2. The second kappa shape index (κ2) is 11.8. The van der Waals surface area contributed by atoms with Crippen molar-refractivity contribution in [3.63, 3.8) is 0 Å². The van der Waals surface area contributed by atoms with Crippen molar-refractivity contribution >= 4 is 33.4 Å². The van der Waals surface area contributed by atoms with Crippen LogP contribution in [0.4, 0.5) is 5.82 Å². The van der Waals surface area contributed by atoms with E-state index in [1.54, 1.807) is 59.5 Å². The van der Waals surface area contributed by atoms with Gasteiger partial charge in [-0.05, 0) is 29.9 Å². The van der Waals surface area contributed by atoms with Crippen LogP contribution >= 0.6 is 0 Å². The van der Waals surface area contributed by atoms with Gasteiger partial charge in [-0.2, -0.15) is 18.0 Å². The van der Waals surface area contributed by atoms with Crippen LogP contribution < -0.4 is 9.44 Å². The predicted octanol–water partition coefficient (Wildman–Crippen LogP) is 4.19. The number of anilines is 1. The minimum absolute atomic E-state index is 0.0254. The van der Waals surface area contributed by atoms with Gasteiger partial charge in [0.25, 0.3) is 5.91 Å². The molecule has 2 aromatic heterocycles. The van der Waals surface area contributed by atoms with Crippen LogP contribution in [-0.4, -0.2) is 52.7 Å². The average Bonchev–Trinajstić information content (AvgIpc) is 3.48. The van der Waals surface area contributed by atoms with Crippen molar-refractivity contribution in [1.82, 2.24) is 19.5 Å². The Morgan fingerprint density at radius 3 is 2.07 bits per heavy atom. The Labute approximate surface area is 249 Å². The Kier molecular flexibility index (Phi) is 7.75. The van der Waals surface area contributed by atoms with Gasteiger partial charge in [-0.25, -0.2) is 14.4 Å². The van der Waals surface area contributed by atoms with Crippen molar-refractivity contribution in [2.24, 2.45) is 5.14 Å². The number of fused-ring (bicyclic) bond motifs is 1. The van der Waals surface area contributed by atoms with E-state index in [0.29, 0.717) is 30.1 Å². The summed E-state index contributed by atoms with van der Waals surface area (Å²) in [6.07, 6.45) is 4.19. The SMILES string of the molecule is NS(=O)(=O)N(Cc1ccccc1)c1c(C(=O)N2CCC(c3ccccc3)CC2)cnc2c(C(=O)c3ccccc3)cnn12. The first kappa shape index (κ1) is 28.3. The van der Waals surface area contributed by atoms with Crippen molar-refractivity contribution in [2.75, 3.05) is 17.4 Å². The van der Waals surface area contributed by atoms with Gasteiger partial charge in [-0.15, -0.1) is 0 Å². The summed E-state index contributed by atoms with van der Waals surface area (Å²) in [6.45, 7) is 0.818. The third-order valence-electron chi connectivity index (χ3n) is 7.78. The number of nitrogens with two attached hydrogens (primary N) is 1. The van der Waals surface area contributed by atoms with Gasteiger partial charge in [0.2, 0.25) is 0 Å². The van der Waals surface area contributed by atoms with E-state index in [0.717, 1.165) is 17.1 Å². The second-order valence-corrected chi connectivity index (χ2v) is 12.0. The number of amides is 1. The first-order valence-electron chi connectivity index (χ1n) is 14.0. The van der Waals surface area contributed by atoms with Gasteiger partial charge in [0.1, 0.15) is 5.56 Å². The van der Waals surface area contributed by atoms with Crippen LogP contribution in [0.2, 0.25) is 0 Å². The van der Waals surface area contributed by atoms with Gasteiger partial charge in [0, 0.05) is 24.8 Å². The van der Waals surface area contributed by atoms with E-state index in [2.05, 4.69) is 22.2 Å². The fourth-order valence-corrected chi connectivity index (χ4v) is 6.31. The summed E-state index contributed by atoms with van der Waals surface area (Å²) < 4.78 is 28.5. The molecular formula is C32H30N6O4S. The molecule has 3 heterocycles. The third-order valence-corrected chi connectivity index (χ3v) is 8.69. The molecule has 5 aromatic rings. The second-order valence-electron chi connectivity index (χ2n) is 10.5. The highest BCUT2D eigenvalue weighted by Gasteiger charge is 2.33. The molecule has 1 saturated heterocycles. The number of likely N-dealkylation sites (tertiary alicyclic amines) is 1. The molecule has 1 amide bonds. The zero-order valence-electron chi connectivity index (χ0n) is 23.3. The van der Waals surface area contributed by atoms with Gasteiger partial charge in [0.15, 0.2) is 17.2 Å². The fraction of sp³-hybridized carbons (Fsp3) is 0.188. The molecular weight excluding hydrogens is 564 g/mol. The molecule has 11 heteroatoms. The Morgan fingerprint density at radius 1 is 0.837 bits per heavy atom. The van der Waals surface area contributed by atoms with E-state index >= 15 is 0 Å². The van der Waals surface area contributed by atoms with E-state index < -0.39 is 10.2 Å². The number of rotatable bonds is 8. The Bertz CT molecular complexity index is 1870. The molecule has 0 atom stereocenters. The zero-order chi connectivity index (χ0) is 30.0. The summed E-state index contributed by atoms with van der Waals surface area (Å²) in [5.41, 5.74) is 2.62. The third kappa shape index (κ3) is 5.77. The molecule has 0 unspecified atom stereocenters. The number of benzene rings is 3. The molecule has 6 rings (SSSR count). The van der Waals surface area contributed by atoms with E-state index in [9.17, 15) is 18.0 Å². The number of nitrogens with zero attached hydrogens (tertiary/aromatic N) is 5. The van der Waals surface area contributed by atoms with Crippen molar-refractivity contribution in [3.8, 4) is 0 Å². The topological polar surface area (TPSA) is 131 Å². The van der Waals surface area contributed by atoms with Gasteiger partial charge < -0.3 is 4.90 Å². The number of hydrogen-bond donors (Lipinski definition) is 1. The number of carbonyl (C=O) groups excluding carboxylic acids is 2. The Morgan fingerprint density at radius 2 is 1.44 bits per heavy atom. The molecule has 0 aliphatic carbocycles. The summed E-state index contributed by atoms with van der Waals surface area (Å²) in [6, 6.07) is 27.8. The minimum Gasteiger partial charge on any atom is -0.338 e. The lowest BCUT2D eigenvalue weighted by Gasteiger charge is -2.33. The predicted molar refractivity (Wildman–Crippen MR) is 163 cm³/mol. The van der Waals surface area contributed by atoms with Crippen LogP contribution in [0, 0.1) is 0 Å². The molecule has 1 aliphatic heterocycles. The largest absolute Gasteiger partial charge is 0.338 e. The van der Waals surface area contributed by atoms with Crippen molar-refractivity contribution < 1.29 is 18.0 Å². The maximum atomic E-state index is 14.1. The standard InChI is InChI=1S/C32H30N6O4S/c33-43(41,42)37(22-23-10-4-1-5-11-23)31-28(32(40)36-18-16-25(17-19-36)24-12-6-2-7-13-24)20-34-30-27(21-35-38(30)31)29(39)26-14-8-3-9-15-26/h1-15,20-21,25H,16-19,22H2,(H2,33,41,42). The zero-order valence-corrected chi connectivity index (χ0v) is 24.1. The van der Waals surface area contributed by atoms with Gasteiger partial charge >= 0.3 is 10.2 Å². The van der Waals surface area contributed by atoms with Crippen molar-refractivity contribution in [3.05, 3.63) is 131 Å². The number of ketones is 1. The summed E-state index contributed by atoms with van der Waals surface area (Å²) in [7, 11) is -4.41. The van der Waals surface area contributed by atoms with Crippen LogP contribution in [0.5, 0.6) is 0 Å². The normalized spacial score (nSPS) is 14.1. The molecule has 218 valence electrons. The Balaban J connectivity index is 1.43. The lowest BCUT2D eigenvalue weighted by molar-refractivity contribution is 0.0712. The highest BCUT2D eigenvalue weighted by molar-refractivity contribution is 7.90. The molecule has 3 aromatic carbocycles. The van der Waals surface area contributed by atoms with Crippen LogP contribution in [0.1, 0.15) is 56.2 Å². The van der Waals surface area contributed by atoms with E-state index in [-0.39, 0.29) is 40.8 Å². The smallest absolute Gasteiger partial charge is 0.300 e. The minimum atomic E-state index is -4.41. The molecule has 0 radical (unpaired) electrons. The number of piperidine rings is 1. The van der Waals surface area contributed by atoms with E-state index in [4.69, 9.17) is 5.14 Å². The summed E-state index contributed by atoms with van der Waals surface area (Å²) in [5.74, 6) is -0.467. The average molecular weight is 595 g/mol. The molecule has 10 nitrogen and oxygen atoms in total. The van der Waals surface area contributed by atoms with Gasteiger partial charge in [0.05, 0.1) is 18.3 Å². The fourth-order valence-electron chi connectivity index (χ4n) is 5.56.